The Hall–Kier alpha value is -1.44. The number of rotatable bonds is 2. The monoisotopic (exact) mass is 258 g/mol. The summed E-state index contributed by atoms with van der Waals surface area (Å²) in [4.78, 5) is 24.3. The highest BCUT2D eigenvalue weighted by Crippen LogP contribution is 2.40. The molecule has 1 aliphatic carbocycles. The Kier molecular flexibility index (Phi) is 3.38. The van der Waals surface area contributed by atoms with Crippen LogP contribution >= 0.6 is 0 Å². The minimum absolute atomic E-state index is 0.0335. The van der Waals surface area contributed by atoms with Crippen molar-refractivity contribution < 1.29 is 9.59 Å². The molecule has 0 fully saturated rings. The molecule has 1 aromatic carbocycles. The van der Waals surface area contributed by atoms with E-state index in [4.69, 9.17) is 0 Å². The van der Waals surface area contributed by atoms with Crippen molar-refractivity contribution in [3.63, 3.8) is 0 Å². The fraction of sp³-hybridized carbons (Fsp3) is 0.529. The van der Waals surface area contributed by atoms with Gasteiger partial charge >= 0.3 is 0 Å². The Labute approximate surface area is 115 Å². The average molecular weight is 258 g/mol. The van der Waals surface area contributed by atoms with Crippen LogP contribution in [-0.4, -0.2) is 11.6 Å². The van der Waals surface area contributed by atoms with Crippen LogP contribution in [0, 0.1) is 5.41 Å². The molecule has 0 amide bonds. The van der Waals surface area contributed by atoms with Crippen LogP contribution in [0.25, 0.3) is 0 Å². The van der Waals surface area contributed by atoms with Crippen molar-refractivity contribution in [1.82, 2.24) is 0 Å². The molecule has 19 heavy (non-hydrogen) atoms. The van der Waals surface area contributed by atoms with E-state index in [1.807, 2.05) is 31.2 Å². The second kappa shape index (κ2) is 4.59. The highest BCUT2D eigenvalue weighted by molar-refractivity contribution is 6.15. The molecule has 2 rings (SSSR count). The largest absolute Gasteiger partial charge is 0.298 e. The molecule has 0 saturated carbocycles. The van der Waals surface area contributed by atoms with Gasteiger partial charge in [0.25, 0.3) is 0 Å². The molecule has 102 valence electrons. The fourth-order valence-electron chi connectivity index (χ4n) is 2.69. The van der Waals surface area contributed by atoms with Crippen LogP contribution in [0.5, 0.6) is 0 Å². The molecule has 0 radical (unpaired) electrons. The van der Waals surface area contributed by atoms with Crippen molar-refractivity contribution in [2.75, 3.05) is 0 Å². The molecule has 1 atom stereocenters. The molecule has 1 unspecified atom stereocenters. The fourth-order valence-corrected chi connectivity index (χ4v) is 2.69. The molecule has 1 aliphatic rings. The van der Waals surface area contributed by atoms with Crippen LogP contribution in [0.2, 0.25) is 0 Å². The molecule has 2 heteroatoms. The van der Waals surface area contributed by atoms with E-state index in [9.17, 15) is 9.59 Å². The summed E-state index contributed by atoms with van der Waals surface area (Å²) in [6, 6.07) is 7.57. The van der Waals surface area contributed by atoms with Crippen molar-refractivity contribution in [2.45, 2.75) is 52.4 Å². The molecule has 0 heterocycles. The molecule has 1 aromatic rings. The standard InChI is InChI=1S/C17H22O2/c1-16(2,3)9-10-17(4)13-8-6-5-7-12(13)14(18)11-15(17)19/h5-8H,9-11H2,1-4H3. The molecular formula is C17H22O2. The van der Waals surface area contributed by atoms with Crippen LogP contribution in [0.3, 0.4) is 0 Å². The average Bonchev–Trinajstić information content (AvgIpc) is 2.33. The number of fused-ring (bicyclic) bond motifs is 1. The van der Waals surface area contributed by atoms with E-state index >= 15 is 0 Å². The number of carbonyl (C=O) groups is 2. The van der Waals surface area contributed by atoms with Gasteiger partial charge in [0.1, 0.15) is 0 Å². The van der Waals surface area contributed by atoms with Gasteiger partial charge in [0, 0.05) is 5.56 Å². The van der Waals surface area contributed by atoms with E-state index in [1.54, 1.807) is 0 Å². The third-order valence-corrected chi connectivity index (χ3v) is 4.13. The lowest BCUT2D eigenvalue weighted by Gasteiger charge is -2.35. The van der Waals surface area contributed by atoms with E-state index in [0.717, 1.165) is 24.0 Å². The lowest BCUT2D eigenvalue weighted by atomic mass is 9.66. The van der Waals surface area contributed by atoms with Crippen LogP contribution in [0.1, 0.15) is 62.9 Å². The SMILES string of the molecule is CC(C)(C)CCC1(C)C(=O)CC(=O)c2ccccc21. The Bertz CT molecular complexity index is 522. The number of hydrogen-bond acceptors (Lipinski definition) is 2. The van der Waals surface area contributed by atoms with E-state index < -0.39 is 5.41 Å². The van der Waals surface area contributed by atoms with Gasteiger partial charge in [-0.25, -0.2) is 0 Å². The van der Waals surface area contributed by atoms with Gasteiger partial charge in [-0.05, 0) is 30.7 Å². The Morgan fingerprint density at radius 2 is 1.79 bits per heavy atom. The normalized spacial score (nSPS) is 23.4. The number of carbonyl (C=O) groups excluding carboxylic acids is 2. The third kappa shape index (κ3) is 2.63. The third-order valence-electron chi connectivity index (χ3n) is 4.13. The van der Waals surface area contributed by atoms with Crippen molar-refractivity contribution in [3.8, 4) is 0 Å². The van der Waals surface area contributed by atoms with Crippen LogP contribution < -0.4 is 0 Å². The van der Waals surface area contributed by atoms with E-state index in [-0.39, 0.29) is 23.4 Å². The minimum atomic E-state index is -0.502. The van der Waals surface area contributed by atoms with E-state index in [0.29, 0.717) is 0 Å². The summed E-state index contributed by atoms with van der Waals surface area (Å²) in [7, 11) is 0. The summed E-state index contributed by atoms with van der Waals surface area (Å²) in [6.07, 6.45) is 1.83. The Morgan fingerprint density at radius 3 is 2.42 bits per heavy atom. The Balaban J connectivity index is 2.41. The first-order chi connectivity index (χ1) is 8.74. The smallest absolute Gasteiger partial charge is 0.170 e. The first-order valence-corrected chi connectivity index (χ1v) is 6.90. The Morgan fingerprint density at radius 1 is 1.16 bits per heavy atom. The first kappa shape index (κ1) is 14.0. The predicted molar refractivity (Wildman–Crippen MR) is 76.4 cm³/mol. The first-order valence-electron chi connectivity index (χ1n) is 6.90. The van der Waals surface area contributed by atoms with Crippen molar-refractivity contribution in [1.29, 1.82) is 0 Å². The van der Waals surface area contributed by atoms with Gasteiger partial charge in [-0.15, -0.1) is 0 Å². The van der Waals surface area contributed by atoms with Crippen LogP contribution in [0.4, 0.5) is 0 Å². The summed E-state index contributed by atoms with van der Waals surface area (Å²) in [5.74, 6) is 0.0364. The van der Waals surface area contributed by atoms with Crippen LogP contribution in [-0.2, 0) is 10.2 Å². The highest BCUT2D eigenvalue weighted by Gasteiger charge is 2.42. The number of benzene rings is 1. The lowest BCUT2D eigenvalue weighted by Crippen LogP contribution is -2.40. The van der Waals surface area contributed by atoms with Gasteiger partial charge in [-0.2, -0.15) is 0 Å². The van der Waals surface area contributed by atoms with Gasteiger partial charge in [-0.1, -0.05) is 45.0 Å². The lowest BCUT2D eigenvalue weighted by molar-refractivity contribution is -0.124. The zero-order valence-corrected chi connectivity index (χ0v) is 12.2. The van der Waals surface area contributed by atoms with Gasteiger partial charge in [-0.3, -0.25) is 9.59 Å². The topological polar surface area (TPSA) is 34.1 Å². The molecule has 0 aliphatic heterocycles. The second-order valence-corrected chi connectivity index (χ2v) is 6.96. The van der Waals surface area contributed by atoms with Crippen molar-refractivity contribution in [3.05, 3.63) is 35.4 Å². The molecule has 0 N–H and O–H groups in total. The number of hydrogen-bond donors (Lipinski definition) is 0. The maximum Gasteiger partial charge on any atom is 0.170 e. The zero-order valence-electron chi connectivity index (χ0n) is 12.2. The zero-order chi connectivity index (χ0) is 14.3. The van der Waals surface area contributed by atoms with E-state index in [2.05, 4.69) is 20.8 Å². The summed E-state index contributed by atoms with van der Waals surface area (Å²) in [5.41, 5.74) is 1.34. The molecule has 0 saturated heterocycles. The van der Waals surface area contributed by atoms with Crippen molar-refractivity contribution in [2.24, 2.45) is 5.41 Å². The van der Waals surface area contributed by atoms with Crippen molar-refractivity contribution >= 4 is 11.6 Å². The maximum atomic E-state index is 12.4. The van der Waals surface area contributed by atoms with E-state index in [1.165, 1.54) is 0 Å². The van der Waals surface area contributed by atoms with Gasteiger partial charge in [0.15, 0.2) is 11.6 Å². The predicted octanol–water partition coefficient (Wildman–Crippen LogP) is 3.93. The number of ketones is 2. The minimum Gasteiger partial charge on any atom is -0.298 e. The summed E-state index contributed by atoms with van der Waals surface area (Å²) < 4.78 is 0. The molecule has 0 bridgehead atoms. The van der Waals surface area contributed by atoms with Gasteiger partial charge < -0.3 is 0 Å². The molecule has 0 spiro atoms. The van der Waals surface area contributed by atoms with Gasteiger partial charge in [0.2, 0.25) is 0 Å². The van der Waals surface area contributed by atoms with Gasteiger partial charge in [0.05, 0.1) is 11.8 Å². The number of Topliss-reactive ketones (excluding diaryl/α,β-unsaturated/α-hetero) is 2. The molecule has 0 aromatic heterocycles. The summed E-state index contributed by atoms with van der Waals surface area (Å²) in [6.45, 7) is 8.54. The quantitative estimate of drug-likeness (QED) is 0.753. The summed E-state index contributed by atoms with van der Waals surface area (Å²) >= 11 is 0. The second-order valence-electron chi connectivity index (χ2n) is 6.96. The summed E-state index contributed by atoms with van der Waals surface area (Å²) in [5, 5.41) is 0. The molecule has 2 nitrogen and oxygen atoms in total. The maximum absolute atomic E-state index is 12.4. The molecular weight excluding hydrogens is 236 g/mol. The highest BCUT2D eigenvalue weighted by atomic mass is 16.2. The van der Waals surface area contributed by atoms with Crippen LogP contribution in [0.15, 0.2) is 24.3 Å².